The summed E-state index contributed by atoms with van der Waals surface area (Å²) in [7, 11) is 1.66. The van der Waals surface area contributed by atoms with Crippen LogP contribution in [-0.4, -0.2) is 50.8 Å². The van der Waals surface area contributed by atoms with Gasteiger partial charge in [0.25, 0.3) is 5.91 Å². The molecule has 1 aromatic carbocycles. The largest absolute Gasteiger partial charge is 0.385 e. The van der Waals surface area contributed by atoms with Crippen molar-refractivity contribution < 1.29 is 9.53 Å². The van der Waals surface area contributed by atoms with Gasteiger partial charge in [-0.1, -0.05) is 30.3 Å². The van der Waals surface area contributed by atoms with Gasteiger partial charge < -0.3 is 20.3 Å². The van der Waals surface area contributed by atoms with E-state index in [-0.39, 0.29) is 11.9 Å². The molecule has 2 heterocycles. The molecular weight excluding hydrogens is 328 g/mol. The van der Waals surface area contributed by atoms with E-state index in [1.54, 1.807) is 13.3 Å². The third kappa shape index (κ3) is 4.59. The first-order chi connectivity index (χ1) is 12.8. The SMILES string of the molecule is COCCCNC(=O)c1cccnc1N1CCN[C@@H](c2ccccc2)C1. The van der Waals surface area contributed by atoms with E-state index in [1.807, 2.05) is 18.2 Å². The maximum Gasteiger partial charge on any atom is 0.255 e. The molecule has 1 fully saturated rings. The molecule has 0 saturated carbocycles. The van der Waals surface area contributed by atoms with Gasteiger partial charge in [0.15, 0.2) is 0 Å². The Balaban J connectivity index is 1.71. The van der Waals surface area contributed by atoms with Crippen LogP contribution in [0.5, 0.6) is 0 Å². The number of hydrogen-bond acceptors (Lipinski definition) is 5. The van der Waals surface area contributed by atoms with Gasteiger partial charge in [-0.05, 0) is 24.1 Å². The molecular formula is C20H26N4O2. The number of nitrogens with one attached hydrogen (secondary N) is 2. The van der Waals surface area contributed by atoms with Gasteiger partial charge in [0.1, 0.15) is 5.82 Å². The van der Waals surface area contributed by atoms with Crippen molar-refractivity contribution in [2.75, 3.05) is 44.8 Å². The summed E-state index contributed by atoms with van der Waals surface area (Å²) in [4.78, 5) is 19.3. The molecule has 0 bridgehead atoms. The number of aromatic nitrogens is 1. The molecule has 6 heteroatoms. The molecule has 1 atom stereocenters. The Kier molecular flexibility index (Phi) is 6.57. The number of ether oxygens (including phenoxy) is 1. The van der Waals surface area contributed by atoms with Crippen LogP contribution in [0.3, 0.4) is 0 Å². The van der Waals surface area contributed by atoms with Gasteiger partial charge >= 0.3 is 0 Å². The number of carbonyl (C=O) groups is 1. The zero-order valence-electron chi connectivity index (χ0n) is 15.1. The Hall–Kier alpha value is -2.44. The van der Waals surface area contributed by atoms with Gasteiger partial charge in [0.05, 0.1) is 5.56 Å². The number of pyridine rings is 1. The first-order valence-corrected chi connectivity index (χ1v) is 9.05. The molecule has 1 amide bonds. The summed E-state index contributed by atoms with van der Waals surface area (Å²) in [6.07, 6.45) is 2.54. The van der Waals surface area contributed by atoms with Crippen LogP contribution in [0.15, 0.2) is 48.7 Å². The molecule has 1 aliphatic heterocycles. The van der Waals surface area contributed by atoms with Gasteiger partial charge in [0.2, 0.25) is 0 Å². The standard InChI is InChI=1S/C20H26N4O2/c1-26-14-6-11-23-20(25)17-9-5-10-22-19(17)24-13-12-21-18(15-24)16-7-3-2-4-8-16/h2-5,7-10,18,21H,6,11-15H2,1H3,(H,23,25)/t18-/m1/s1. The number of piperazine rings is 1. The van der Waals surface area contributed by atoms with Crippen LogP contribution < -0.4 is 15.5 Å². The van der Waals surface area contributed by atoms with Crippen molar-refractivity contribution in [1.29, 1.82) is 0 Å². The van der Waals surface area contributed by atoms with Crippen LogP contribution >= 0.6 is 0 Å². The third-order valence-electron chi connectivity index (χ3n) is 4.52. The molecule has 138 valence electrons. The fourth-order valence-electron chi connectivity index (χ4n) is 3.19. The monoisotopic (exact) mass is 354 g/mol. The van der Waals surface area contributed by atoms with E-state index in [0.29, 0.717) is 18.7 Å². The second-order valence-electron chi connectivity index (χ2n) is 6.34. The number of benzene rings is 1. The fraction of sp³-hybridized carbons (Fsp3) is 0.400. The number of carbonyl (C=O) groups excluding carboxylic acids is 1. The van der Waals surface area contributed by atoms with Crippen LogP contribution in [0.1, 0.15) is 28.4 Å². The van der Waals surface area contributed by atoms with Gasteiger partial charge in [-0.15, -0.1) is 0 Å². The smallest absolute Gasteiger partial charge is 0.255 e. The summed E-state index contributed by atoms with van der Waals surface area (Å²) in [6.45, 7) is 3.69. The normalized spacial score (nSPS) is 17.1. The number of nitrogens with zero attached hydrogens (tertiary/aromatic N) is 2. The summed E-state index contributed by atoms with van der Waals surface area (Å²) in [5.74, 6) is 0.665. The minimum Gasteiger partial charge on any atom is -0.385 e. The van der Waals surface area contributed by atoms with Gasteiger partial charge in [0, 0.05) is 52.1 Å². The Morgan fingerprint density at radius 2 is 2.15 bits per heavy atom. The number of amides is 1. The van der Waals surface area contributed by atoms with E-state index >= 15 is 0 Å². The third-order valence-corrected chi connectivity index (χ3v) is 4.52. The molecule has 0 unspecified atom stereocenters. The highest BCUT2D eigenvalue weighted by atomic mass is 16.5. The highest BCUT2D eigenvalue weighted by Gasteiger charge is 2.24. The van der Waals surface area contributed by atoms with Crippen LogP contribution in [-0.2, 0) is 4.74 Å². The molecule has 1 aliphatic rings. The van der Waals surface area contributed by atoms with Crippen LogP contribution in [0.25, 0.3) is 0 Å². The van der Waals surface area contributed by atoms with E-state index in [4.69, 9.17) is 4.74 Å². The van der Waals surface area contributed by atoms with Crippen molar-refractivity contribution >= 4 is 11.7 Å². The topological polar surface area (TPSA) is 66.5 Å². The fourth-order valence-corrected chi connectivity index (χ4v) is 3.19. The number of rotatable bonds is 7. The lowest BCUT2D eigenvalue weighted by molar-refractivity contribution is 0.0948. The lowest BCUT2D eigenvalue weighted by Crippen LogP contribution is -2.46. The highest BCUT2D eigenvalue weighted by molar-refractivity contribution is 5.98. The van der Waals surface area contributed by atoms with Crippen LogP contribution in [0, 0.1) is 0 Å². The van der Waals surface area contributed by atoms with Crippen molar-refractivity contribution in [3.05, 3.63) is 59.8 Å². The Bertz CT molecular complexity index is 708. The minimum absolute atomic E-state index is 0.0843. The molecule has 2 aromatic rings. The van der Waals surface area contributed by atoms with Gasteiger partial charge in [-0.25, -0.2) is 4.98 Å². The number of methoxy groups -OCH3 is 1. The van der Waals surface area contributed by atoms with Crippen LogP contribution in [0.2, 0.25) is 0 Å². The van der Waals surface area contributed by atoms with E-state index in [2.05, 4.69) is 44.8 Å². The maximum absolute atomic E-state index is 12.6. The second kappa shape index (κ2) is 9.31. The van der Waals surface area contributed by atoms with E-state index in [1.165, 1.54) is 5.56 Å². The molecule has 0 spiro atoms. The predicted molar refractivity (Wildman–Crippen MR) is 102 cm³/mol. The van der Waals surface area contributed by atoms with Gasteiger partial charge in [-0.3, -0.25) is 4.79 Å². The molecule has 2 N–H and O–H groups in total. The summed E-state index contributed by atoms with van der Waals surface area (Å²) in [5, 5.41) is 6.50. The lowest BCUT2D eigenvalue weighted by Gasteiger charge is -2.35. The Labute approximate surface area is 154 Å². The molecule has 1 saturated heterocycles. The first-order valence-electron chi connectivity index (χ1n) is 9.05. The lowest BCUT2D eigenvalue weighted by atomic mass is 10.0. The zero-order chi connectivity index (χ0) is 18.2. The van der Waals surface area contributed by atoms with E-state index in [0.717, 1.165) is 31.9 Å². The quantitative estimate of drug-likeness (QED) is 0.745. The molecule has 0 radical (unpaired) electrons. The number of anilines is 1. The van der Waals surface area contributed by atoms with Crippen LogP contribution in [0.4, 0.5) is 5.82 Å². The maximum atomic E-state index is 12.6. The molecule has 26 heavy (non-hydrogen) atoms. The molecule has 3 rings (SSSR count). The van der Waals surface area contributed by atoms with Crippen molar-refractivity contribution in [3.8, 4) is 0 Å². The van der Waals surface area contributed by atoms with Crippen molar-refractivity contribution in [2.45, 2.75) is 12.5 Å². The van der Waals surface area contributed by atoms with Crippen molar-refractivity contribution in [3.63, 3.8) is 0 Å². The summed E-state index contributed by atoms with van der Waals surface area (Å²) < 4.78 is 5.02. The highest BCUT2D eigenvalue weighted by Crippen LogP contribution is 2.23. The molecule has 1 aromatic heterocycles. The second-order valence-corrected chi connectivity index (χ2v) is 6.34. The average Bonchev–Trinajstić information content (AvgIpc) is 2.72. The Morgan fingerprint density at radius 1 is 1.31 bits per heavy atom. The zero-order valence-corrected chi connectivity index (χ0v) is 15.1. The predicted octanol–water partition coefficient (Wildman–Crippen LogP) is 2.00. The number of hydrogen-bond donors (Lipinski definition) is 2. The first kappa shape index (κ1) is 18.4. The van der Waals surface area contributed by atoms with E-state index < -0.39 is 0 Å². The summed E-state index contributed by atoms with van der Waals surface area (Å²) in [6, 6.07) is 14.3. The van der Waals surface area contributed by atoms with Crippen molar-refractivity contribution in [2.24, 2.45) is 0 Å². The van der Waals surface area contributed by atoms with Crippen molar-refractivity contribution in [1.82, 2.24) is 15.6 Å². The molecule has 0 aliphatic carbocycles. The van der Waals surface area contributed by atoms with E-state index in [9.17, 15) is 4.79 Å². The van der Waals surface area contributed by atoms with Gasteiger partial charge in [-0.2, -0.15) is 0 Å². The Morgan fingerprint density at radius 3 is 2.96 bits per heavy atom. The minimum atomic E-state index is -0.0843. The summed E-state index contributed by atoms with van der Waals surface area (Å²) in [5.41, 5.74) is 1.87. The summed E-state index contributed by atoms with van der Waals surface area (Å²) >= 11 is 0. The average molecular weight is 354 g/mol. The molecule has 6 nitrogen and oxygen atoms in total.